The Hall–Kier alpha value is -1.26. The predicted molar refractivity (Wildman–Crippen MR) is 79.1 cm³/mol. The smallest absolute Gasteiger partial charge is 0.253 e. The number of nitrogens with one attached hydrogen (secondary N) is 2. The molecule has 1 rings (SSSR count). The largest absolute Gasteiger partial charge is 0.387 e. The number of hydrogen-bond acceptors (Lipinski definition) is 3. The Morgan fingerprint density at radius 3 is 2.79 bits per heavy atom. The number of hydrogen-bond donors (Lipinski definition) is 2. The molecule has 0 saturated carbocycles. The molecule has 0 aliphatic carbocycles. The van der Waals surface area contributed by atoms with Gasteiger partial charge in [-0.15, -0.1) is 0 Å². The van der Waals surface area contributed by atoms with E-state index in [2.05, 4.69) is 10.6 Å². The Kier molecular flexibility index (Phi) is 7.30. The highest BCUT2D eigenvalue weighted by Crippen LogP contribution is 2.20. The lowest BCUT2D eigenvalue weighted by molar-refractivity contribution is 0.0953. The van der Waals surface area contributed by atoms with Gasteiger partial charge in [0, 0.05) is 38.0 Å². The average Bonchev–Trinajstić information content (AvgIpc) is 2.42. The number of ether oxygens (including phenoxy) is 1. The second kappa shape index (κ2) is 8.77. The summed E-state index contributed by atoms with van der Waals surface area (Å²) in [4.78, 5) is 12.0. The first kappa shape index (κ1) is 15.8. The van der Waals surface area contributed by atoms with E-state index in [1.165, 1.54) is 0 Å². The van der Waals surface area contributed by atoms with E-state index < -0.39 is 0 Å². The summed E-state index contributed by atoms with van der Waals surface area (Å²) in [7, 11) is 3.48. The van der Waals surface area contributed by atoms with Crippen LogP contribution in [0.25, 0.3) is 0 Å². The highest BCUT2D eigenvalue weighted by Gasteiger charge is 2.10. The number of halogens is 1. The number of anilines is 1. The molecule has 0 atom stereocenters. The molecule has 106 valence electrons. The van der Waals surface area contributed by atoms with Crippen LogP contribution >= 0.6 is 11.6 Å². The quantitative estimate of drug-likeness (QED) is 0.722. The molecular weight excluding hydrogens is 264 g/mol. The van der Waals surface area contributed by atoms with Gasteiger partial charge in [-0.05, 0) is 37.5 Å². The second-order valence-corrected chi connectivity index (χ2v) is 4.69. The maximum Gasteiger partial charge on any atom is 0.253 e. The summed E-state index contributed by atoms with van der Waals surface area (Å²) in [6, 6.07) is 5.23. The molecule has 1 aromatic rings. The summed E-state index contributed by atoms with van der Waals surface area (Å²) in [6.07, 6.45) is 3.01. The van der Waals surface area contributed by atoms with Crippen LogP contribution in [0.15, 0.2) is 18.2 Å². The van der Waals surface area contributed by atoms with Crippen molar-refractivity contribution >= 4 is 23.2 Å². The summed E-state index contributed by atoms with van der Waals surface area (Å²) in [6.45, 7) is 1.43. The minimum Gasteiger partial charge on any atom is -0.387 e. The normalized spacial score (nSPS) is 10.3. The summed E-state index contributed by atoms with van der Waals surface area (Å²) >= 11 is 5.91. The van der Waals surface area contributed by atoms with E-state index in [-0.39, 0.29) is 5.91 Å². The van der Waals surface area contributed by atoms with Gasteiger partial charge < -0.3 is 15.4 Å². The Morgan fingerprint density at radius 2 is 2.11 bits per heavy atom. The van der Waals surface area contributed by atoms with Gasteiger partial charge in [0.15, 0.2) is 0 Å². The molecule has 0 aromatic heterocycles. The van der Waals surface area contributed by atoms with Crippen LogP contribution in [0.1, 0.15) is 29.6 Å². The van der Waals surface area contributed by atoms with Gasteiger partial charge in [0.1, 0.15) is 0 Å². The van der Waals surface area contributed by atoms with Gasteiger partial charge in [-0.3, -0.25) is 4.79 Å². The zero-order chi connectivity index (χ0) is 14.1. The van der Waals surface area contributed by atoms with E-state index in [0.717, 1.165) is 31.6 Å². The topological polar surface area (TPSA) is 50.4 Å². The first-order valence-corrected chi connectivity index (χ1v) is 6.81. The first-order valence-electron chi connectivity index (χ1n) is 6.43. The van der Waals surface area contributed by atoms with Crippen LogP contribution in [0, 0.1) is 0 Å². The molecule has 1 amide bonds. The van der Waals surface area contributed by atoms with Gasteiger partial charge in [-0.2, -0.15) is 0 Å². The summed E-state index contributed by atoms with van der Waals surface area (Å²) in [5, 5.41) is 6.44. The van der Waals surface area contributed by atoms with E-state index in [4.69, 9.17) is 16.3 Å². The fourth-order valence-electron chi connectivity index (χ4n) is 1.77. The molecule has 1 aromatic carbocycles. The van der Waals surface area contributed by atoms with Gasteiger partial charge in [0.05, 0.1) is 5.56 Å². The van der Waals surface area contributed by atoms with Crippen molar-refractivity contribution in [1.29, 1.82) is 0 Å². The Morgan fingerprint density at radius 1 is 1.32 bits per heavy atom. The molecule has 0 aliphatic rings. The molecule has 0 bridgehead atoms. The molecule has 5 heteroatoms. The van der Waals surface area contributed by atoms with Crippen LogP contribution in [-0.4, -0.2) is 33.2 Å². The molecule has 0 heterocycles. The van der Waals surface area contributed by atoms with Crippen molar-refractivity contribution in [2.24, 2.45) is 0 Å². The van der Waals surface area contributed by atoms with Gasteiger partial charge in [0.25, 0.3) is 5.91 Å². The standard InChI is InChI=1S/C14H21ClN2O2/c1-16-13-7-6-11(15)10-12(13)14(18)17-8-4-3-5-9-19-2/h6-7,10,16H,3-5,8-9H2,1-2H3,(H,17,18). The minimum atomic E-state index is -0.0985. The van der Waals surface area contributed by atoms with Crippen LogP contribution in [0.3, 0.4) is 0 Å². The molecule has 2 N–H and O–H groups in total. The third kappa shape index (κ3) is 5.49. The highest BCUT2D eigenvalue weighted by molar-refractivity contribution is 6.31. The van der Waals surface area contributed by atoms with Crippen LogP contribution in [0.5, 0.6) is 0 Å². The van der Waals surface area contributed by atoms with Crippen molar-refractivity contribution < 1.29 is 9.53 Å². The van der Waals surface area contributed by atoms with Crippen molar-refractivity contribution in [3.05, 3.63) is 28.8 Å². The molecule has 0 aliphatic heterocycles. The molecule has 19 heavy (non-hydrogen) atoms. The molecule has 4 nitrogen and oxygen atoms in total. The third-order valence-corrected chi connectivity index (χ3v) is 3.04. The number of carbonyl (C=O) groups excluding carboxylic acids is 1. The fraction of sp³-hybridized carbons (Fsp3) is 0.500. The van der Waals surface area contributed by atoms with Crippen LogP contribution in [0.4, 0.5) is 5.69 Å². The molecule has 0 spiro atoms. The zero-order valence-electron chi connectivity index (χ0n) is 11.5. The second-order valence-electron chi connectivity index (χ2n) is 4.25. The first-order chi connectivity index (χ1) is 9.19. The lowest BCUT2D eigenvalue weighted by Crippen LogP contribution is -2.25. The third-order valence-electron chi connectivity index (χ3n) is 2.81. The van der Waals surface area contributed by atoms with Crippen LogP contribution in [-0.2, 0) is 4.74 Å². The van der Waals surface area contributed by atoms with Crippen LogP contribution < -0.4 is 10.6 Å². The lowest BCUT2D eigenvalue weighted by Gasteiger charge is -2.10. The van der Waals surface area contributed by atoms with Crippen molar-refractivity contribution in [3.8, 4) is 0 Å². The Balaban J connectivity index is 2.43. The van der Waals surface area contributed by atoms with Crippen molar-refractivity contribution in [3.63, 3.8) is 0 Å². The summed E-state index contributed by atoms with van der Waals surface area (Å²) in [5.74, 6) is -0.0985. The number of unbranched alkanes of at least 4 members (excludes halogenated alkanes) is 2. The van der Waals surface area contributed by atoms with Crippen molar-refractivity contribution in [2.75, 3.05) is 32.6 Å². The number of rotatable bonds is 8. The monoisotopic (exact) mass is 284 g/mol. The minimum absolute atomic E-state index is 0.0985. The van der Waals surface area contributed by atoms with Crippen molar-refractivity contribution in [2.45, 2.75) is 19.3 Å². The van der Waals surface area contributed by atoms with E-state index in [9.17, 15) is 4.79 Å². The van der Waals surface area contributed by atoms with E-state index in [1.54, 1.807) is 32.4 Å². The van der Waals surface area contributed by atoms with Gasteiger partial charge >= 0.3 is 0 Å². The van der Waals surface area contributed by atoms with Crippen LogP contribution in [0.2, 0.25) is 5.02 Å². The lowest BCUT2D eigenvalue weighted by atomic mass is 10.1. The Bertz CT molecular complexity index is 410. The van der Waals surface area contributed by atoms with E-state index >= 15 is 0 Å². The predicted octanol–water partition coefficient (Wildman–Crippen LogP) is 2.93. The maximum atomic E-state index is 12.0. The van der Waals surface area contributed by atoms with Gasteiger partial charge in [-0.1, -0.05) is 11.6 Å². The van der Waals surface area contributed by atoms with Gasteiger partial charge in [-0.25, -0.2) is 0 Å². The number of methoxy groups -OCH3 is 1. The highest BCUT2D eigenvalue weighted by atomic mass is 35.5. The van der Waals surface area contributed by atoms with Gasteiger partial charge in [0.2, 0.25) is 0 Å². The summed E-state index contributed by atoms with van der Waals surface area (Å²) in [5.41, 5.74) is 1.35. The average molecular weight is 285 g/mol. The fourth-order valence-corrected chi connectivity index (χ4v) is 1.94. The molecule has 0 fully saturated rings. The number of amides is 1. The SMILES string of the molecule is CNc1ccc(Cl)cc1C(=O)NCCCCCOC. The number of carbonyl (C=O) groups is 1. The van der Waals surface area contributed by atoms with Crippen molar-refractivity contribution in [1.82, 2.24) is 5.32 Å². The molecule has 0 unspecified atom stereocenters. The van der Waals surface area contributed by atoms with E-state index in [1.807, 2.05) is 0 Å². The van der Waals surface area contributed by atoms with E-state index in [0.29, 0.717) is 17.1 Å². The summed E-state index contributed by atoms with van der Waals surface area (Å²) < 4.78 is 4.97. The number of benzene rings is 1. The molecule has 0 saturated heterocycles. The zero-order valence-corrected chi connectivity index (χ0v) is 12.2. The molecular formula is C14H21ClN2O2. The Labute approximate surface area is 119 Å². The maximum absolute atomic E-state index is 12.0. The molecule has 0 radical (unpaired) electrons.